The van der Waals surface area contributed by atoms with E-state index in [1.807, 2.05) is 30.5 Å². The second kappa shape index (κ2) is 8.18. The monoisotopic (exact) mass is 338 g/mol. The molecule has 0 fully saturated rings. The van der Waals surface area contributed by atoms with Crippen LogP contribution in [0.4, 0.5) is 0 Å². The molecule has 0 aliphatic carbocycles. The van der Waals surface area contributed by atoms with Crippen LogP contribution >= 0.6 is 12.6 Å². The minimum Gasteiger partial charge on any atom is -0.370 e. The summed E-state index contributed by atoms with van der Waals surface area (Å²) in [5.74, 6) is 1.95. The molecule has 0 aliphatic heterocycles. The lowest BCUT2D eigenvalue weighted by Crippen LogP contribution is -2.08. The zero-order chi connectivity index (χ0) is 16.8. The molecule has 0 radical (unpaired) electrons. The number of nitrogens with one attached hydrogen (secondary N) is 1. The fourth-order valence-electron chi connectivity index (χ4n) is 2.91. The molecule has 0 unspecified atom stereocenters. The van der Waals surface area contributed by atoms with Crippen molar-refractivity contribution in [3.8, 4) is 0 Å². The van der Waals surface area contributed by atoms with E-state index in [4.69, 9.17) is 4.74 Å². The van der Waals surface area contributed by atoms with Gasteiger partial charge < -0.3 is 9.72 Å². The highest BCUT2D eigenvalue weighted by molar-refractivity contribution is 7.80. The van der Waals surface area contributed by atoms with Crippen LogP contribution in [-0.4, -0.2) is 22.8 Å². The predicted molar refractivity (Wildman–Crippen MR) is 101 cm³/mol. The molecule has 1 N–H and O–H groups in total. The van der Waals surface area contributed by atoms with Gasteiger partial charge in [-0.2, -0.15) is 12.6 Å². The van der Waals surface area contributed by atoms with Crippen LogP contribution in [0.2, 0.25) is 0 Å². The summed E-state index contributed by atoms with van der Waals surface area (Å²) in [6.45, 7) is 0. The zero-order valence-corrected chi connectivity index (χ0v) is 14.6. The van der Waals surface area contributed by atoms with Crippen molar-refractivity contribution >= 4 is 12.6 Å². The van der Waals surface area contributed by atoms with Gasteiger partial charge in [0.25, 0.3) is 0 Å². The molecular formula is C20H22N2OS. The van der Waals surface area contributed by atoms with E-state index in [9.17, 15) is 0 Å². The third kappa shape index (κ3) is 3.89. The minimum absolute atomic E-state index is 0.134. The maximum Gasteiger partial charge on any atom is 0.123 e. The van der Waals surface area contributed by atoms with Gasteiger partial charge in [0.2, 0.25) is 0 Å². The maximum absolute atomic E-state index is 5.68. The number of methoxy groups -OCH3 is 1. The molecule has 3 rings (SSSR count). The smallest absolute Gasteiger partial charge is 0.123 e. The summed E-state index contributed by atoms with van der Waals surface area (Å²) in [5.41, 5.74) is 3.38. The molecule has 3 nitrogen and oxygen atoms in total. The summed E-state index contributed by atoms with van der Waals surface area (Å²) in [4.78, 5) is 8.04. The van der Waals surface area contributed by atoms with E-state index in [-0.39, 0.29) is 12.0 Å². The molecule has 0 saturated carbocycles. The first-order valence-corrected chi connectivity index (χ1v) is 8.72. The van der Waals surface area contributed by atoms with Gasteiger partial charge in [0.05, 0.1) is 11.9 Å². The van der Waals surface area contributed by atoms with Crippen molar-refractivity contribution in [3.05, 3.63) is 89.5 Å². The Morgan fingerprint density at radius 1 is 1.04 bits per heavy atom. The minimum atomic E-state index is -0.134. The lowest BCUT2D eigenvalue weighted by atomic mass is 10.0. The number of nitrogens with zero attached hydrogens (tertiary/aromatic N) is 1. The summed E-state index contributed by atoms with van der Waals surface area (Å²) in [7, 11) is 1.72. The summed E-state index contributed by atoms with van der Waals surface area (Å²) < 4.78 is 5.68. The summed E-state index contributed by atoms with van der Waals surface area (Å²) in [6, 6.07) is 20.6. The third-order valence-electron chi connectivity index (χ3n) is 4.17. The second-order valence-corrected chi connectivity index (χ2v) is 6.18. The molecule has 0 aliphatic rings. The van der Waals surface area contributed by atoms with Crippen molar-refractivity contribution < 1.29 is 4.74 Å². The van der Waals surface area contributed by atoms with E-state index in [2.05, 4.69) is 59.0 Å². The van der Waals surface area contributed by atoms with E-state index in [1.54, 1.807) is 7.11 Å². The van der Waals surface area contributed by atoms with Crippen molar-refractivity contribution in [2.24, 2.45) is 0 Å². The molecule has 1 heterocycles. The van der Waals surface area contributed by atoms with E-state index >= 15 is 0 Å². The molecule has 2 atom stereocenters. The Morgan fingerprint density at radius 2 is 1.71 bits per heavy atom. The van der Waals surface area contributed by atoms with Gasteiger partial charge in [0, 0.05) is 18.8 Å². The van der Waals surface area contributed by atoms with Crippen LogP contribution in [0.3, 0.4) is 0 Å². The largest absolute Gasteiger partial charge is 0.370 e. The molecular weight excluding hydrogens is 316 g/mol. The molecule has 1 aromatic heterocycles. The number of imidazole rings is 1. The van der Waals surface area contributed by atoms with Gasteiger partial charge in [-0.15, -0.1) is 0 Å². The Hall–Kier alpha value is -2.04. The van der Waals surface area contributed by atoms with Gasteiger partial charge in [0.15, 0.2) is 0 Å². The van der Waals surface area contributed by atoms with Crippen molar-refractivity contribution in [2.75, 3.05) is 12.9 Å². The molecule has 3 aromatic rings. The van der Waals surface area contributed by atoms with Crippen LogP contribution in [0.1, 0.15) is 34.7 Å². The topological polar surface area (TPSA) is 37.9 Å². The average molecular weight is 338 g/mol. The number of thiol groups is 1. The molecule has 124 valence electrons. The Balaban J connectivity index is 1.80. The van der Waals surface area contributed by atoms with E-state index in [1.165, 1.54) is 5.56 Å². The highest BCUT2D eigenvalue weighted by atomic mass is 32.1. The Bertz CT molecular complexity index is 743. The molecule has 0 bridgehead atoms. The highest BCUT2D eigenvalue weighted by Gasteiger charge is 2.19. The van der Waals surface area contributed by atoms with Crippen molar-refractivity contribution in [3.63, 3.8) is 0 Å². The molecule has 0 spiro atoms. The average Bonchev–Trinajstić information content (AvgIpc) is 3.12. The van der Waals surface area contributed by atoms with Gasteiger partial charge in [-0.3, -0.25) is 0 Å². The number of aromatic amines is 1. The Morgan fingerprint density at radius 3 is 2.33 bits per heavy atom. The van der Waals surface area contributed by atoms with E-state index < -0.39 is 0 Å². The second-order valence-electron chi connectivity index (χ2n) is 5.82. The number of rotatable bonds is 7. The van der Waals surface area contributed by atoms with Gasteiger partial charge in [-0.25, -0.2) is 4.98 Å². The number of hydrogen-bond acceptors (Lipinski definition) is 3. The lowest BCUT2D eigenvalue weighted by Gasteiger charge is -2.15. The van der Waals surface area contributed by atoms with Gasteiger partial charge in [-0.1, -0.05) is 60.7 Å². The van der Waals surface area contributed by atoms with Gasteiger partial charge in [-0.05, 0) is 17.5 Å². The summed E-state index contributed by atoms with van der Waals surface area (Å²) >= 11 is 4.52. The van der Waals surface area contributed by atoms with Crippen LogP contribution in [0.25, 0.3) is 0 Å². The SMILES string of the molecule is CO[C@@H](c1ccccc1)c1cnc([C@H](CS)Cc2ccccc2)[nH]1. The van der Waals surface area contributed by atoms with Crippen LogP contribution in [0.15, 0.2) is 66.9 Å². The fourth-order valence-corrected chi connectivity index (χ4v) is 3.21. The van der Waals surface area contributed by atoms with Crippen molar-refractivity contribution in [2.45, 2.75) is 18.4 Å². The standard InChI is InChI=1S/C20H22N2OS/c1-23-19(16-10-6-3-7-11-16)18-13-21-20(22-18)17(14-24)12-15-8-4-2-5-9-15/h2-11,13,17,19,24H,12,14H2,1H3,(H,21,22)/t17-,19-/m0/s1. The van der Waals surface area contributed by atoms with E-state index in [0.717, 1.165) is 29.3 Å². The first-order valence-electron chi connectivity index (χ1n) is 8.09. The molecule has 0 amide bonds. The Labute approximate surface area is 148 Å². The normalized spacial score (nSPS) is 13.6. The van der Waals surface area contributed by atoms with Gasteiger partial charge >= 0.3 is 0 Å². The van der Waals surface area contributed by atoms with Crippen molar-refractivity contribution in [1.82, 2.24) is 9.97 Å². The summed E-state index contributed by atoms with van der Waals surface area (Å²) in [6.07, 6.45) is 2.66. The predicted octanol–water partition coefficient (Wildman–Crippen LogP) is 4.40. The molecule has 24 heavy (non-hydrogen) atoms. The van der Waals surface area contributed by atoms with Crippen LogP contribution in [-0.2, 0) is 11.2 Å². The Kier molecular flexibility index (Phi) is 5.72. The third-order valence-corrected chi connectivity index (χ3v) is 4.61. The quantitative estimate of drug-likeness (QED) is 0.627. The fraction of sp³-hybridized carbons (Fsp3) is 0.250. The number of benzene rings is 2. The maximum atomic E-state index is 5.68. The van der Waals surface area contributed by atoms with Crippen LogP contribution in [0, 0.1) is 0 Å². The number of H-pyrrole nitrogens is 1. The molecule has 0 saturated heterocycles. The first-order chi connectivity index (χ1) is 11.8. The molecule has 2 aromatic carbocycles. The van der Waals surface area contributed by atoms with Crippen LogP contribution < -0.4 is 0 Å². The summed E-state index contributed by atoms with van der Waals surface area (Å²) in [5, 5.41) is 0. The number of aromatic nitrogens is 2. The number of hydrogen-bond donors (Lipinski definition) is 2. The van der Waals surface area contributed by atoms with Crippen molar-refractivity contribution in [1.29, 1.82) is 0 Å². The van der Waals surface area contributed by atoms with Crippen LogP contribution in [0.5, 0.6) is 0 Å². The lowest BCUT2D eigenvalue weighted by molar-refractivity contribution is 0.133. The van der Waals surface area contributed by atoms with Gasteiger partial charge in [0.1, 0.15) is 11.9 Å². The first kappa shape index (κ1) is 16.8. The van der Waals surface area contributed by atoms with E-state index in [0.29, 0.717) is 0 Å². The zero-order valence-electron chi connectivity index (χ0n) is 13.7. The number of ether oxygens (including phenoxy) is 1. The highest BCUT2D eigenvalue weighted by Crippen LogP contribution is 2.26. The molecule has 4 heteroatoms.